The average molecular weight is 360 g/mol. The van der Waals surface area contributed by atoms with Crippen LogP contribution >= 0.6 is 0 Å². The van der Waals surface area contributed by atoms with Crippen molar-refractivity contribution in [3.8, 4) is 6.07 Å². The van der Waals surface area contributed by atoms with Crippen LogP contribution in [-0.4, -0.2) is 5.91 Å². The minimum atomic E-state index is -0.398. The van der Waals surface area contributed by atoms with Gasteiger partial charge in [0, 0.05) is 17.6 Å². The summed E-state index contributed by atoms with van der Waals surface area (Å²) in [6.07, 6.45) is 6.11. The maximum atomic E-state index is 12.5. The zero-order valence-corrected chi connectivity index (χ0v) is 15.5. The monoisotopic (exact) mass is 360 g/mol. The molecule has 0 fully saturated rings. The summed E-state index contributed by atoms with van der Waals surface area (Å²) in [7, 11) is 0. The molecule has 0 spiro atoms. The summed E-state index contributed by atoms with van der Waals surface area (Å²) in [5.41, 5.74) is 10.9. The van der Waals surface area contributed by atoms with Crippen molar-refractivity contribution in [1.29, 1.82) is 5.26 Å². The summed E-state index contributed by atoms with van der Waals surface area (Å²) < 4.78 is 0. The van der Waals surface area contributed by atoms with Crippen molar-refractivity contribution in [3.05, 3.63) is 70.9 Å². The highest BCUT2D eigenvalue weighted by atomic mass is 16.1. The highest BCUT2D eigenvalue weighted by Crippen LogP contribution is 2.25. The van der Waals surface area contributed by atoms with E-state index in [1.54, 1.807) is 24.3 Å². The maximum absolute atomic E-state index is 12.5. The van der Waals surface area contributed by atoms with Crippen LogP contribution in [-0.2, 0) is 17.6 Å². The molecule has 1 amide bonds. The molecule has 1 aliphatic rings. The number of nitrogen functional groups attached to an aromatic ring is 1. The van der Waals surface area contributed by atoms with E-state index in [1.165, 1.54) is 30.2 Å². The van der Waals surface area contributed by atoms with Gasteiger partial charge in [-0.15, -0.1) is 0 Å². The molecule has 0 saturated heterocycles. The van der Waals surface area contributed by atoms with Crippen molar-refractivity contribution in [2.45, 2.75) is 38.6 Å². The first-order valence-electron chi connectivity index (χ1n) is 9.21. The van der Waals surface area contributed by atoms with E-state index in [0.29, 0.717) is 5.69 Å². The zero-order chi connectivity index (χ0) is 19.2. The van der Waals surface area contributed by atoms with Gasteiger partial charge in [-0.2, -0.15) is 5.26 Å². The second-order valence-electron chi connectivity index (χ2n) is 6.87. The number of hydrogen-bond donors (Lipinski definition) is 3. The Morgan fingerprint density at radius 2 is 1.85 bits per heavy atom. The van der Waals surface area contributed by atoms with Crippen molar-refractivity contribution in [1.82, 2.24) is 5.32 Å². The quantitative estimate of drug-likeness (QED) is 0.429. The third-order valence-corrected chi connectivity index (χ3v) is 4.88. The van der Waals surface area contributed by atoms with Crippen LogP contribution < -0.4 is 16.4 Å². The Bertz CT molecular complexity index is 894. The molecule has 1 unspecified atom stereocenters. The van der Waals surface area contributed by atoms with Gasteiger partial charge in [-0.3, -0.25) is 4.79 Å². The minimum absolute atomic E-state index is 0.0247. The SMILES string of the molecule is CC(NC(=O)/C(C#N)=C\Nc1ccc(N)cc1)c1ccc2c(c1)CCCC2. The largest absolute Gasteiger partial charge is 0.399 e. The van der Waals surface area contributed by atoms with Gasteiger partial charge in [0.1, 0.15) is 11.6 Å². The van der Waals surface area contributed by atoms with Crippen LogP contribution in [0, 0.1) is 11.3 Å². The molecule has 1 aliphatic carbocycles. The summed E-state index contributed by atoms with van der Waals surface area (Å²) in [4.78, 5) is 12.5. The van der Waals surface area contributed by atoms with Crippen LogP contribution in [0.25, 0.3) is 0 Å². The van der Waals surface area contributed by atoms with E-state index in [2.05, 4.69) is 28.8 Å². The van der Waals surface area contributed by atoms with Gasteiger partial charge in [0.05, 0.1) is 6.04 Å². The summed E-state index contributed by atoms with van der Waals surface area (Å²) >= 11 is 0. The molecular weight excluding hydrogens is 336 g/mol. The molecule has 2 aromatic rings. The molecule has 5 nitrogen and oxygen atoms in total. The van der Waals surface area contributed by atoms with E-state index in [9.17, 15) is 10.1 Å². The highest BCUT2D eigenvalue weighted by molar-refractivity contribution is 5.97. The fraction of sp³-hybridized carbons (Fsp3) is 0.273. The van der Waals surface area contributed by atoms with Gasteiger partial charge in [-0.05, 0) is 73.6 Å². The molecule has 5 heteroatoms. The summed E-state index contributed by atoms with van der Waals surface area (Å²) in [6, 6.07) is 15.3. The van der Waals surface area contributed by atoms with Crippen molar-refractivity contribution in [3.63, 3.8) is 0 Å². The number of nitrogens with zero attached hydrogens (tertiary/aromatic N) is 1. The fourth-order valence-electron chi connectivity index (χ4n) is 3.26. The van der Waals surface area contributed by atoms with Crippen LogP contribution in [0.15, 0.2) is 54.2 Å². The normalized spacial score (nSPS) is 14.6. The van der Waals surface area contributed by atoms with E-state index in [4.69, 9.17) is 5.73 Å². The van der Waals surface area contributed by atoms with Crippen molar-refractivity contribution in [2.24, 2.45) is 0 Å². The predicted octanol–water partition coefficient (Wildman–Crippen LogP) is 3.84. The molecule has 27 heavy (non-hydrogen) atoms. The molecule has 2 aromatic carbocycles. The molecule has 0 radical (unpaired) electrons. The average Bonchev–Trinajstić information content (AvgIpc) is 2.69. The van der Waals surface area contributed by atoms with Crippen LogP contribution in [0.3, 0.4) is 0 Å². The van der Waals surface area contributed by atoms with Crippen LogP contribution in [0.5, 0.6) is 0 Å². The third-order valence-electron chi connectivity index (χ3n) is 4.88. The maximum Gasteiger partial charge on any atom is 0.263 e. The lowest BCUT2D eigenvalue weighted by Crippen LogP contribution is -2.28. The number of anilines is 2. The Balaban J connectivity index is 1.66. The number of nitrogens with one attached hydrogen (secondary N) is 2. The van der Waals surface area contributed by atoms with E-state index >= 15 is 0 Å². The van der Waals surface area contributed by atoms with E-state index in [1.807, 2.05) is 13.0 Å². The summed E-state index contributed by atoms with van der Waals surface area (Å²) in [5, 5.41) is 15.2. The van der Waals surface area contributed by atoms with E-state index in [0.717, 1.165) is 24.1 Å². The molecule has 0 saturated carbocycles. The lowest BCUT2D eigenvalue weighted by atomic mass is 9.89. The number of rotatable bonds is 5. The lowest BCUT2D eigenvalue weighted by Gasteiger charge is -2.20. The highest BCUT2D eigenvalue weighted by Gasteiger charge is 2.16. The van der Waals surface area contributed by atoms with Crippen LogP contribution in [0.4, 0.5) is 11.4 Å². The summed E-state index contributed by atoms with van der Waals surface area (Å²) in [5.74, 6) is -0.398. The fourth-order valence-corrected chi connectivity index (χ4v) is 3.26. The first kappa shape index (κ1) is 18.5. The number of fused-ring (bicyclic) bond motifs is 1. The van der Waals surface area contributed by atoms with E-state index in [-0.39, 0.29) is 11.6 Å². The molecular formula is C22H24N4O. The van der Waals surface area contributed by atoms with Gasteiger partial charge in [0.25, 0.3) is 5.91 Å². The second-order valence-corrected chi connectivity index (χ2v) is 6.87. The molecule has 138 valence electrons. The number of nitriles is 1. The standard InChI is InChI=1S/C22H24N4O/c1-15(17-7-6-16-4-2-3-5-18(16)12-17)26-22(27)19(13-23)14-25-21-10-8-20(24)9-11-21/h6-12,14-15,25H,2-5,24H2,1H3,(H,26,27)/b19-14-. The van der Waals surface area contributed by atoms with Crippen molar-refractivity contribution >= 4 is 17.3 Å². The van der Waals surface area contributed by atoms with Crippen molar-refractivity contribution in [2.75, 3.05) is 11.1 Å². The Kier molecular flexibility index (Phi) is 5.77. The first-order chi connectivity index (χ1) is 13.1. The van der Waals surface area contributed by atoms with Crippen molar-refractivity contribution < 1.29 is 4.79 Å². The van der Waals surface area contributed by atoms with Gasteiger partial charge < -0.3 is 16.4 Å². The van der Waals surface area contributed by atoms with Crippen LogP contribution in [0.2, 0.25) is 0 Å². The van der Waals surface area contributed by atoms with Gasteiger partial charge >= 0.3 is 0 Å². The van der Waals surface area contributed by atoms with Gasteiger partial charge in [-0.25, -0.2) is 0 Å². The van der Waals surface area contributed by atoms with Gasteiger partial charge in [0.15, 0.2) is 0 Å². The molecule has 0 aliphatic heterocycles. The number of carbonyl (C=O) groups excluding carboxylic acids is 1. The third kappa shape index (κ3) is 4.68. The Morgan fingerprint density at radius 3 is 2.56 bits per heavy atom. The Labute approximate surface area is 159 Å². The van der Waals surface area contributed by atoms with Crippen LogP contribution in [0.1, 0.15) is 42.5 Å². The summed E-state index contributed by atoms with van der Waals surface area (Å²) in [6.45, 7) is 1.94. The topological polar surface area (TPSA) is 90.9 Å². The smallest absolute Gasteiger partial charge is 0.263 e. The lowest BCUT2D eigenvalue weighted by molar-refractivity contribution is -0.117. The number of benzene rings is 2. The molecule has 1 atom stereocenters. The molecule has 0 heterocycles. The van der Waals surface area contributed by atoms with Gasteiger partial charge in [0.2, 0.25) is 0 Å². The van der Waals surface area contributed by atoms with Gasteiger partial charge in [-0.1, -0.05) is 18.2 Å². The molecule has 3 rings (SSSR count). The Morgan fingerprint density at radius 1 is 1.15 bits per heavy atom. The first-order valence-corrected chi connectivity index (χ1v) is 9.21. The zero-order valence-electron chi connectivity index (χ0n) is 15.5. The molecule has 4 N–H and O–H groups in total. The predicted molar refractivity (Wildman–Crippen MR) is 108 cm³/mol. The van der Waals surface area contributed by atoms with E-state index < -0.39 is 5.91 Å². The Hall–Kier alpha value is -3.26. The number of amides is 1. The second kappa shape index (κ2) is 8.41. The number of aryl methyl sites for hydroxylation is 2. The number of carbonyl (C=O) groups is 1. The minimum Gasteiger partial charge on any atom is -0.399 e. The number of hydrogen-bond acceptors (Lipinski definition) is 4. The molecule has 0 aromatic heterocycles. The number of nitrogens with two attached hydrogens (primary N) is 1. The molecule has 0 bridgehead atoms.